The van der Waals surface area contributed by atoms with Crippen LogP contribution in [-0.2, 0) is 4.79 Å². The smallest absolute Gasteiger partial charge is 0.242 e. The Morgan fingerprint density at radius 3 is 2.75 bits per heavy atom. The molecule has 0 aliphatic carbocycles. The van der Waals surface area contributed by atoms with Gasteiger partial charge >= 0.3 is 0 Å². The van der Waals surface area contributed by atoms with Gasteiger partial charge in [-0.1, -0.05) is 13.8 Å². The number of hydrogen-bond acceptors (Lipinski definition) is 3. The first-order valence-electron chi connectivity index (χ1n) is 7.75. The van der Waals surface area contributed by atoms with Crippen LogP contribution in [-0.4, -0.2) is 21.9 Å². The molecule has 0 radical (unpaired) electrons. The molecule has 2 aromatic heterocycles. The van der Waals surface area contributed by atoms with Gasteiger partial charge in [-0.2, -0.15) is 0 Å². The minimum absolute atomic E-state index is 0.0517. The molecular formula is C18H19FN4O. The number of carbonyl (C=O) groups excluding carboxylic acids is 1. The zero-order valence-corrected chi connectivity index (χ0v) is 13.5. The minimum atomic E-state index is -0.574. The average Bonchev–Trinajstić information content (AvgIpc) is 2.97. The van der Waals surface area contributed by atoms with Gasteiger partial charge in [0.25, 0.3) is 0 Å². The first kappa shape index (κ1) is 16.1. The van der Waals surface area contributed by atoms with Gasteiger partial charge in [0.1, 0.15) is 11.6 Å². The van der Waals surface area contributed by atoms with E-state index in [-0.39, 0.29) is 17.6 Å². The van der Waals surface area contributed by atoms with Crippen LogP contribution in [0.15, 0.2) is 42.7 Å². The van der Waals surface area contributed by atoms with Gasteiger partial charge in [0, 0.05) is 34.4 Å². The molecule has 1 aromatic carbocycles. The van der Waals surface area contributed by atoms with E-state index in [1.807, 2.05) is 26.1 Å². The summed E-state index contributed by atoms with van der Waals surface area (Å²) in [6, 6.07) is 7.62. The first-order valence-corrected chi connectivity index (χ1v) is 7.75. The van der Waals surface area contributed by atoms with Crippen LogP contribution in [0.5, 0.6) is 0 Å². The standard InChI is InChI=1S/C18H19FN4O/c1-10(2)17(20)18(24)23-16-6-3-11(8-22-16)14-9-21-15-7-12(19)4-5-13(14)15/h3-10,17,21H,20H2,1-2H3,(H,22,23,24). The Morgan fingerprint density at radius 2 is 2.08 bits per heavy atom. The Bertz CT molecular complexity index is 870. The third-order valence-electron chi connectivity index (χ3n) is 3.99. The molecule has 2 heterocycles. The highest BCUT2D eigenvalue weighted by atomic mass is 19.1. The number of H-pyrrole nitrogens is 1. The summed E-state index contributed by atoms with van der Waals surface area (Å²) in [5, 5.41) is 3.62. The van der Waals surface area contributed by atoms with Crippen molar-refractivity contribution >= 4 is 22.6 Å². The van der Waals surface area contributed by atoms with E-state index >= 15 is 0 Å². The lowest BCUT2D eigenvalue weighted by molar-refractivity contribution is -0.118. The van der Waals surface area contributed by atoms with Crippen molar-refractivity contribution in [3.05, 3.63) is 48.5 Å². The number of aromatic amines is 1. The fraction of sp³-hybridized carbons (Fsp3) is 0.222. The molecule has 124 valence electrons. The summed E-state index contributed by atoms with van der Waals surface area (Å²) >= 11 is 0. The SMILES string of the molecule is CC(C)C(N)C(=O)Nc1ccc(-c2c[nH]c3cc(F)ccc23)cn1. The van der Waals surface area contributed by atoms with Crippen LogP contribution in [0.3, 0.4) is 0 Å². The number of anilines is 1. The molecule has 0 bridgehead atoms. The molecule has 1 atom stereocenters. The van der Waals surface area contributed by atoms with Crippen molar-refractivity contribution in [1.29, 1.82) is 0 Å². The molecule has 1 unspecified atom stereocenters. The number of nitrogens with one attached hydrogen (secondary N) is 2. The van der Waals surface area contributed by atoms with Crippen molar-refractivity contribution in [3.63, 3.8) is 0 Å². The number of halogens is 1. The maximum Gasteiger partial charge on any atom is 0.242 e. The maximum atomic E-state index is 13.3. The summed E-state index contributed by atoms with van der Waals surface area (Å²) in [4.78, 5) is 19.3. The zero-order valence-electron chi connectivity index (χ0n) is 13.5. The van der Waals surface area contributed by atoms with Crippen LogP contribution >= 0.6 is 0 Å². The van der Waals surface area contributed by atoms with Gasteiger partial charge < -0.3 is 16.0 Å². The predicted molar refractivity (Wildman–Crippen MR) is 92.9 cm³/mol. The van der Waals surface area contributed by atoms with E-state index < -0.39 is 6.04 Å². The second kappa shape index (κ2) is 6.41. The summed E-state index contributed by atoms with van der Waals surface area (Å²) in [6.45, 7) is 3.78. The second-order valence-corrected chi connectivity index (χ2v) is 6.08. The second-order valence-electron chi connectivity index (χ2n) is 6.08. The highest BCUT2D eigenvalue weighted by molar-refractivity contribution is 5.96. The summed E-state index contributed by atoms with van der Waals surface area (Å²) in [5.41, 5.74) is 8.34. The third-order valence-corrected chi connectivity index (χ3v) is 3.99. The molecule has 3 aromatic rings. The van der Waals surface area contributed by atoms with Gasteiger partial charge in [-0.25, -0.2) is 9.37 Å². The van der Waals surface area contributed by atoms with Crippen LogP contribution in [0, 0.1) is 11.7 Å². The summed E-state index contributed by atoms with van der Waals surface area (Å²) in [6.07, 6.45) is 3.48. The molecule has 0 aliphatic heterocycles. The van der Waals surface area contributed by atoms with E-state index in [1.165, 1.54) is 12.1 Å². The molecular weight excluding hydrogens is 307 g/mol. The lowest BCUT2D eigenvalue weighted by atomic mass is 10.0. The maximum absolute atomic E-state index is 13.3. The van der Waals surface area contributed by atoms with Crippen molar-refractivity contribution in [2.45, 2.75) is 19.9 Å². The topological polar surface area (TPSA) is 83.8 Å². The number of nitrogens with zero attached hydrogens (tertiary/aromatic N) is 1. The number of carbonyl (C=O) groups is 1. The van der Waals surface area contributed by atoms with Crippen LogP contribution in [0.25, 0.3) is 22.0 Å². The minimum Gasteiger partial charge on any atom is -0.360 e. The van der Waals surface area contributed by atoms with E-state index in [4.69, 9.17) is 5.73 Å². The van der Waals surface area contributed by atoms with Gasteiger partial charge in [0.05, 0.1) is 6.04 Å². The van der Waals surface area contributed by atoms with Crippen molar-refractivity contribution < 1.29 is 9.18 Å². The third kappa shape index (κ3) is 3.14. The molecule has 0 fully saturated rings. The lowest BCUT2D eigenvalue weighted by Gasteiger charge is -2.14. The van der Waals surface area contributed by atoms with Crippen LogP contribution in [0.1, 0.15) is 13.8 Å². The number of benzene rings is 1. The number of hydrogen-bond donors (Lipinski definition) is 3. The molecule has 5 nitrogen and oxygen atoms in total. The molecule has 4 N–H and O–H groups in total. The number of aromatic nitrogens is 2. The number of amides is 1. The number of fused-ring (bicyclic) bond motifs is 1. The van der Waals surface area contributed by atoms with E-state index in [0.29, 0.717) is 5.82 Å². The van der Waals surface area contributed by atoms with E-state index in [9.17, 15) is 9.18 Å². The highest BCUT2D eigenvalue weighted by Gasteiger charge is 2.17. The molecule has 0 saturated heterocycles. The molecule has 6 heteroatoms. The zero-order chi connectivity index (χ0) is 17.3. The Morgan fingerprint density at radius 1 is 1.29 bits per heavy atom. The fourth-order valence-electron chi connectivity index (χ4n) is 2.48. The Hall–Kier alpha value is -2.73. The Balaban J connectivity index is 1.82. The van der Waals surface area contributed by atoms with Crippen molar-refractivity contribution in [1.82, 2.24) is 9.97 Å². The lowest BCUT2D eigenvalue weighted by Crippen LogP contribution is -2.39. The normalized spacial score (nSPS) is 12.5. The first-order chi connectivity index (χ1) is 11.5. The van der Waals surface area contributed by atoms with Crippen LogP contribution < -0.4 is 11.1 Å². The number of rotatable bonds is 4. The van der Waals surface area contributed by atoms with Crippen molar-refractivity contribution in [2.24, 2.45) is 11.7 Å². The Kier molecular flexibility index (Phi) is 4.31. The molecule has 0 spiro atoms. The van der Waals surface area contributed by atoms with Crippen LogP contribution in [0.4, 0.5) is 10.2 Å². The quantitative estimate of drug-likeness (QED) is 0.688. The number of nitrogens with two attached hydrogens (primary N) is 1. The molecule has 0 saturated carbocycles. The van der Waals surface area contributed by atoms with Gasteiger partial charge in [-0.05, 0) is 36.2 Å². The summed E-state index contributed by atoms with van der Waals surface area (Å²) in [5.74, 6) is -0.0389. The Labute approximate surface area is 139 Å². The van der Waals surface area contributed by atoms with Crippen molar-refractivity contribution in [3.8, 4) is 11.1 Å². The van der Waals surface area contributed by atoms with Gasteiger partial charge in [0.2, 0.25) is 5.91 Å². The fourth-order valence-corrected chi connectivity index (χ4v) is 2.48. The molecule has 0 aliphatic rings. The largest absolute Gasteiger partial charge is 0.360 e. The molecule has 3 rings (SSSR count). The van der Waals surface area contributed by atoms with Gasteiger partial charge in [0.15, 0.2) is 0 Å². The van der Waals surface area contributed by atoms with E-state index in [1.54, 1.807) is 18.3 Å². The van der Waals surface area contributed by atoms with Crippen molar-refractivity contribution in [2.75, 3.05) is 5.32 Å². The monoisotopic (exact) mass is 326 g/mol. The van der Waals surface area contributed by atoms with Gasteiger partial charge in [-0.15, -0.1) is 0 Å². The number of pyridine rings is 1. The summed E-state index contributed by atoms with van der Waals surface area (Å²) in [7, 11) is 0. The predicted octanol–water partition coefficient (Wildman–Crippen LogP) is 3.29. The average molecular weight is 326 g/mol. The highest BCUT2D eigenvalue weighted by Crippen LogP contribution is 2.29. The molecule has 24 heavy (non-hydrogen) atoms. The van der Waals surface area contributed by atoms with Gasteiger partial charge in [-0.3, -0.25) is 4.79 Å². The molecule has 1 amide bonds. The van der Waals surface area contributed by atoms with Crippen LogP contribution in [0.2, 0.25) is 0 Å². The summed E-state index contributed by atoms with van der Waals surface area (Å²) < 4.78 is 13.3. The van der Waals surface area contributed by atoms with E-state index in [2.05, 4.69) is 15.3 Å². The van der Waals surface area contributed by atoms with E-state index in [0.717, 1.165) is 22.0 Å².